The molecule has 2 atom stereocenters. The third-order valence-corrected chi connectivity index (χ3v) is 4.08. The van der Waals surface area contributed by atoms with Gasteiger partial charge in [0.15, 0.2) is 0 Å². The number of aliphatic carboxylic acids is 1. The fourth-order valence-electron chi connectivity index (χ4n) is 2.27. The van der Waals surface area contributed by atoms with Crippen LogP contribution in [0.1, 0.15) is 62.6 Å². The molecule has 6 nitrogen and oxygen atoms in total. The van der Waals surface area contributed by atoms with E-state index in [2.05, 4.69) is 24.3 Å². The number of carboxylic acids is 1. The largest absolute Gasteiger partial charge is 0.481 e. The molecule has 1 aromatic rings. The summed E-state index contributed by atoms with van der Waals surface area (Å²) in [6.07, 6.45) is 3.46. The normalized spacial score (nSPS) is 14.0. The zero-order valence-electron chi connectivity index (χ0n) is 13.4. The summed E-state index contributed by atoms with van der Waals surface area (Å²) >= 11 is 0. The van der Waals surface area contributed by atoms with E-state index in [0.717, 1.165) is 18.5 Å². The molecular formula is C15H25N3O3. The lowest BCUT2D eigenvalue weighted by Crippen LogP contribution is -2.40. The second kappa shape index (κ2) is 7.24. The Hall–Kier alpha value is -1.85. The maximum absolute atomic E-state index is 12.3. The highest BCUT2D eigenvalue weighted by Gasteiger charge is 2.24. The standard InChI is InChI=1S/C15H25N3O3/c1-6-12(7-2)18-11(5)13(8-16-18)14(19)17-10(4)9(3)15(20)21/h8-10,12H,6-7H2,1-5H3,(H,17,19)(H,20,21). The predicted octanol–water partition coefficient (Wildman–Crippen LogP) is 2.39. The lowest BCUT2D eigenvalue weighted by Gasteiger charge is -2.18. The number of carbonyl (C=O) groups is 2. The molecular weight excluding hydrogens is 270 g/mol. The third kappa shape index (κ3) is 3.83. The Kier molecular flexibility index (Phi) is 5.93. The molecule has 1 amide bonds. The van der Waals surface area contributed by atoms with E-state index in [1.54, 1.807) is 20.0 Å². The van der Waals surface area contributed by atoms with Crippen molar-refractivity contribution in [1.29, 1.82) is 0 Å². The van der Waals surface area contributed by atoms with Crippen LogP contribution >= 0.6 is 0 Å². The molecule has 6 heteroatoms. The van der Waals surface area contributed by atoms with Crippen LogP contribution in [0.2, 0.25) is 0 Å². The summed E-state index contributed by atoms with van der Waals surface area (Å²) in [5.74, 6) is -1.83. The molecule has 0 aromatic carbocycles. The van der Waals surface area contributed by atoms with Gasteiger partial charge in [0, 0.05) is 11.7 Å². The first-order chi connectivity index (χ1) is 9.83. The molecule has 0 bridgehead atoms. The van der Waals surface area contributed by atoms with Crippen molar-refractivity contribution in [1.82, 2.24) is 15.1 Å². The molecule has 1 aromatic heterocycles. The quantitative estimate of drug-likeness (QED) is 0.809. The molecule has 2 N–H and O–H groups in total. The van der Waals surface area contributed by atoms with Gasteiger partial charge in [0.05, 0.1) is 23.7 Å². The van der Waals surface area contributed by atoms with Crippen LogP contribution in [0, 0.1) is 12.8 Å². The van der Waals surface area contributed by atoms with Crippen LogP contribution in [0.15, 0.2) is 6.20 Å². The van der Waals surface area contributed by atoms with Crippen molar-refractivity contribution in [2.24, 2.45) is 5.92 Å². The lowest BCUT2D eigenvalue weighted by molar-refractivity contribution is -0.141. The molecule has 0 spiro atoms. The molecule has 0 fully saturated rings. The van der Waals surface area contributed by atoms with Gasteiger partial charge in [0.2, 0.25) is 0 Å². The van der Waals surface area contributed by atoms with E-state index >= 15 is 0 Å². The summed E-state index contributed by atoms with van der Waals surface area (Å²) < 4.78 is 1.88. The Morgan fingerprint density at radius 3 is 2.38 bits per heavy atom. The van der Waals surface area contributed by atoms with E-state index in [4.69, 9.17) is 5.11 Å². The highest BCUT2D eigenvalue weighted by molar-refractivity contribution is 5.95. The highest BCUT2D eigenvalue weighted by Crippen LogP contribution is 2.19. The number of rotatable bonds is 7. The number of carboxylic acid groups (broad SMARTS) is 1. The minimum absolute atomic E-state index is 0.273. The minimum Gasteiger partial charge on any atom is -0.481 e. The van der Waals surface area contributed by atoms with Gasteiger partial charge in [-0.05, 0) is 33.6 Å². The van der Waals surface area contributed by atoms with E-state index in [0.29, 0.717) is 5.56 Å². The van der Waals surface area contributed by atoms with E-state index < -0.39 is 17.9 Å². The average Bonchev–Trinajstić information content (AvgIpc) is 2.81. The number of nitrogens with one attached hydrogen (secondary N) is 1. The first-order valence-electron chi connectivity index (χ1n) is 7.41. The molecule has 0 aliphatic carbocycles. The highest BCUT2D eigenvalue weighted by atomic mass is 16.4. The maximum Gasteiger partial charge on any atom is 0.308 e. The van der Waals surface area contributed by atoms with Gasteiger partial charge in [-0.15, -0.1) is 0 Å². The molecule has 0 aliphatic rings. The summed E-state index contributed by atoms with van der Waals surface area (Å²) in [6.45, 7) is 9.31. The van der Waals surface area contributed by atoms with E-state index in [1.807, 2.05) is 11.6 Å². The summed E-state index contributed by atoms with van der Waals surface area (Å²) in [5, 5.41) is 16.0. The maximum atomic E-state index is 12.3. The number of hydrogen-bond acceptors (Lipinski definition) is 3. The molecule has 0 saturated carbocycles. The molecule has 1 heterocycles. The summed E-state index contributed by atoms with van der Waals surface area (Å²) in [5.41, 5.74) is 1.32. The van der Waals surface area contributed by atoms with Gasteiger partial charge in [-0.25, -0.2) is 0 Å². The fourth-order valence-corrected chi connectivity index (χ4v) is 2.27. The molecule has 2 unspecified atom stereocenters. The van der Waals surface area contributed by atoms with E-state index in [1.165, 1.54) is 0 Å². The Morgan fingerprint density at radius 1 is 1.33 bits per heavy atom. The van der Waals surface area contributed by atoms with Crippen LogP contribution in [0.3, 0.4) is 0 Å². The molecule has 1 rings (SSSR count). The molecule has 0 saturated heterocycles. The number of carbonyl (C=O) groups excluding carboxylic acids is 1. The predicted molar refractivity (Wildman–Crippen MR) is 80.3 cm³/mol. The SMILES string of the molecule is CCC(CC)n1ncc(C(=O)NC(C)C(C)C(=O)O)c1C. The number of amides is 1. The van der Waals surface area contributed by atoms with Crippen LogP contribution in [-0.4, -0.2) is 32.8 Å². The Bertz CT molecular complexity index is 506. The number of hydrogen-bond donors (Lipinski definition) is 2. The van der Waals surface area contributed by atoms with Crippen LogP contribution in [0.5, 0.6) is 0 Å². The van der Waals surface area contributed by atoms with Crippen molar-refractivity contribution in [3.8, 4) is 0 Å². The monoisotopic (exact) mass is 295 g/mol. The first-order valence-corrected chi connectivity index (χ1v) is 7.41. The number of nitrogens with zero attached hydrogens (tertiary/aromatic N) is 2. The van der Waals surface area contributed by atoms with E-state index in [9.17, 15) is 9.59 Å². The van der Waals surface area contributed by atoms with Crippen molar-refractivity contribution in [3.63, 3.8) is 0 Å². The molecule has 0 radical (unpaired) electrons. The van der Waals surface area contributed by atoms with Gasteiger partial charge in [-0.3, -0.25) is 14.3 Å². The van der Waals surface area contributed by atoms with Crippen LogP contribution in [0.25, 0.3) is 0 Å². The smallest absolute Gasteiger partial charge is 0.308 e. The van der Waals surface area contributed by atoms with Gasteiger partial charge in [0.1, 0.15) is 0 Å². The van der Waals surface area contributed by atoms with Gasteiger partial charge in [0.25, 0.3) is 5.91 Å². The third-order valence-electron chi connectivity index (χ3n) is 4.08. The lowest BCUT2D eigenvalue weighted by atomic mass is 10.0. The van der Waals surface area contributed by atoms with Crippen molar-refractivity contribution in [2.45, 2.75) is 59.5 Å². The Morgan fingerprint density at radius 2 is 1.90 bits per heavy atom. The zero-order valence-corrected chi connectivity index (χ0v) is 13.4. The number of aromatic nitrogens is 2. The summed E-state index contributed by atoms with van der Waals surface area (Å²) in [4.78, 5) is 23.2. The van der Waals surface area contributed by atoms with Gasteiger partial charge in [-0.1, -0.05) is 13.8 Å². The minimum atomic E-state index is -0.924. The first kappa shape index (κ1) is 17.2. The van der Waals surface area contributed by atoms with Crippen molar-refractivity contribution in [3.05, 3.63) is 17.5 Å². The van der Waals surface area contributed by atoms with Crippen molar-refractivity contribution >= 4 is 11.9 Å². The van der Waals surface area contributed by atoms with E-state index in [-0.39, 0.29) is 11.9 Å². The zero-order chi connectivity index (χ0) is 16.2. The molecule has 118 valence electrons. The second-order valence-corrected chi connectivity index (χ2v) is 5.45. The second-order valence-electron chi connectivity index (χ2n) is 5.45. The fraction of sp³-hybridized carbons (Fsp3) is 0.667. The van der Waals surface area contributed by atoms with Crippen molar-refractivity contribution in [2.75, 3.05) is 0 Å². The summed E-state index contributed by atoms with van der Waals surface area (Å²) in [7, 11) is 0. The van der Waals surface area contributed by atoms with Gasteiger partial charge >= 0.3 is 5.97 Å². The molecule has 21 heavy (non-hydrogen) atoms. The molecule has 0 aliphatic heterocycles. The van der Waals surface area contributed by atoms with Crippen molar-refractivity contribution < 1.29 is 14.7 Å². The summed E-state index contributed by atoms with van der Waals surface area (Å²) in [6, 6.07) is -0.159. The van der Waals surface area contributed by atoms with Crippen LogP contribution < -0.4 is 5.32 Å². The average molecular weight is 295 g/mol. The Balaban J connectivity index is 2.87. The topological polar surface area (TPSA) is 84.2 Å². The van der Waals surface area contributed by atoms with Crippen LogP contribution in [-0.2, 0) is 4.79 Å². The van der Waals surface area contributed by atoms with Gasteiger partial charge in [-0.2, -0.15) is 5.10 Å². The Labute approximate surface area is 125 Å². The van der Waals surface area contributed by atoms with Gasteiger partial charge < -0.3 is 10.4 Å². The van der Waals surface area contributed by atoms with Crippen LogP contribution in [0.4, 0.5) is 0 Å².